The Morgan fingerprint density at radius 2 is 1.76 bits per heavy atom. The number of amidine groups is 1. The fourth-order valence-electron chi connectivity index (χ4n) is 2.13. The number of nitriles is 2. The molecule has 1 heterocycles. The average Bonchev–Trinajstić information content (AvgIpc) is 2.28. The molecular weight excluding hydrogens is 212 g/mol. The number of piperidine rings is 1. The SMILES string of the molecule is CC(C)(C)C(C#N)/C(=N/C#N)N1CCCCC1. The summed E-state index contributed by atoms with van der Waals surface area (Å²) in [4.78, 5) is 6.01. The molecule has 0 aromatic heterocycles. The van der Waals surface area contributed by atoms with Gasteiger partial charge in [0.15, 0.2) is 0 Å². The van der Waals surface area contributed by atoms with E-state index in [2.05, 4.69) is 16.0 Å². The van der Waals surface area contributed by atoms with E-state index in [0.29, 0.717) is 5.84 Å². The lowest BCUT2D eigenvalue weighted by Gasteiger charge is -2.35. The van der Waals surface area contributed by atoms with Gasteiger partial charge in [-0.05, 0) is 24.7 Å². The van der Waals surface area contributed by atoms with Crippen LogP contribution >= 0.6 is 0 Å². The predicted octanol–water partition coefficient (Wildman–Crippen LogP) is 2.54. The van der Waals surface area contributed by atoms with Crippen LogP contribution in [0.5, 0.6) is 0 Å². The van der Waals surface area contributed by atoms with Crippen LogP contribution in [0, 0.1) is 34.1 Å². The molecule has 0 aliphatic carbocycles. The molecule has 0 N–H and O–H groups in total. The van der Waals surface area contributed by atoms with Crippen LogP contribution in [0.4, 0.5) is 0 Å². The quantitative estimate of drug-likeness (QED) is 0.396. The topological polar surface area (TPSA) is 63.2 Å². The Labute approximate surface area is 104 Å². The molecule has 4 nitrogen and oxygen atoms in total. The summed E-state index contributed by atoms with van der Waals surface area (Å²) < 4.78 is 0. The van der Waals surface area contributed by atoms with Gasteiger partial charge in [-0.15, -0.1) is 0 Å². The van der Waals surface area contributed by atoms with Crippen LogP contribution in [0.1, 0.15) is 40.0 Å². The lowest BCUT2D eigenvalue weighted by molar-refractivity contribution is 0.292. The first kappa shape index (κ1) is 13.5. The molecule has 92 valence electrons. The van der Waals surface area contributed by atoms with E-state index in [-0.39, 0.29) is 11.3 Å². The highest BCUT2D eigenvalue weighted by molar-refractivity contribution is 5.88. The maximum atomic E-state index is 9.32. The monoisotopic (exact) mass is 232 g/mol. The first-order valence-corrected chi connectivity index (χ1v) is 6.12. The van der Waals surface area contributed by atoms with E-state index in [0.717, 1.165) is 25.9 Å². The molecule has 0 aromatic rings. The van der Waals surface area contributed by atoms with Crippen LogP contribution < -0.4 is 0 Å². The summed E-state index contributed by atoms with van der Waals surface area (Å²) in [5.74, 6) is 0.336. The Kier molecular flexibility index (Phi) is 4.52. The summed E-state index contributed by atoms with van der Waals surface area (Å²) in [5.41, 5.74) is -0.193. The highest BCUT2D eigenvalue weighted by Crippen LogP contribution is 2.29. The minimum absolute atomic E-state index is 0.193. The standard InChI is InChI=1S/C13H20N4/c1-13(2,3)11(9-14)12(16-10-15)17-7-5-4-6-8-17/h11H,4-8H2,1-3H3/b16-12-. The van der Waals surface area contributed by atoms with Gasteiger partial charge in [0.1, 0.15) is 11.8 Å². The van der Waals surface area contributed by atoms with Crippen LogP contribution in [0.2, 0.25) is 0 Å². The van der Waals surface area contributed by atoms with Crippen molar-refractivity contribution >= 4 is 5.84 Å². The first-order valence-electron chi connectivity index (χ1n) is 6.12. The van der Waals surface area contributed by atoms with E-state index in [1.165, 1.54) is 6.42 Å². The van der Waals surface area contributed by atoms with E-state index in [4.69, 9.17) is 5.26 Å². The smallest absolute Gasteiger partial charge is 0.207 e. The Balaban J connectivity index is 2.97. The normalized spacial score (nSPS) is 19.4. The van der Waals surface area contributed by atoms with Crippen molar-refractivity contribution < 1.29 is 0 Å². The van der Waals surface area contributed by atoms with E-state index in [1.54, 1.807) is 0 Å². The van der Waals surface area contributed by atoms with E-state index in [1.807, 2.05) is 27.0 Å². The van der Waals surface area contributed by atoms with E-state index in [9.17, 15) is 5.26 Å². The van der Waals surface area contributed by atoms with Crippen LogP contribution in [0.15, 0.2) is 4.99 Å². The first-order chi connectivity index (χ1) is 8.00. The van der Waals surface area contributed by atoms with Gasteiger partial charge in [0, 0.05) is 13.1 Å². The summed E-state index contributed by atoms with van der Waals surface area (Å²) in [6.07, 6.45) is 5.31. The van der Waals surface area contributed by atoms with Crippen molar-refractivity contribution in [3.05, 3.63) is 0 Å². The minimum atomic E-state index is -0.319. The zero-order chi connectivity index (χ0) is 12.9. The minimum Gasteiger partial charge on any atom is -0.358 e. The molecule has 0 radical (unpaired) electrons. The van der Waals surface area contributed by atoms with Gasteiger partial charge in [-0.3, -0.25) is 0 Å². The number of hydrogen-bond donors (Lipinski definition) is 0. The molecule has 0 amide bonds. The van der Waals surface area contributed by atoms with Gasteiger partial charge in [-0.2, -0.15) is 15.5 Å². The van der Waals surface area contributed by atoms with Crippen molar-refractivity contribution in [2.45, 2.75) is 40.0 Å². The molecule has 1 atom stereocenters. The molecule has 1 fully saturated rings. The maximum Gasteiger partial charge on any atom is 0.207 e. The second-order valence-corrected chi connectivity index (χ2v) is 5.55. The third-order valence-electron chi connectivity index (χ3n) is 3.10. The molecular formula is C13H20N4. The van der Waals surface area contributed by atoms with Gasteiger partial charge in [-0.1, -0.05) is 20.8 Å². The molecule has 17 heavy (non-hydrogen) atoms. The molecule has 0 saturated carbocycles. The fourth-order valence-corrected chi connectivity index (χ4v) is 2.13. The van der Waals surface area contributed by atoms with Gasteiger partial charge in [0.05, 0.1) is 6.07 Å². The van der Waals surface area contributed by atoms with Gasteiger partial charge in [0.2, 0.25) is 6.19 Å². The lowest BCUT2D eigenvalue weighted by atomic mass is 9.80. The second kappa shape index (κ2) is 5.68. The molecule has 1 aliphatic heterocycles. The number of likely N-dealkylation sites (tertiary alicyclic amines) is 1. The molecule has 0 bridgehead atoms. The zero-order valence-electron chi connectivity index (χ0n) is 10.9. The van der Waals surface area contributed by atoms with Crippen molar-refractivity contribution in [2.24, 2.45) is 16.3 Å². The van der Waals surface area contributed by atoms with Crippen molar-refractivity contribution in [3.63, 3.8) is 0 Å². The molecule has 0 spiro atoms. The van der Waals surface area contributed by atoms with Gasteiger partial charge in [0.25, 0.3) is 0 Å². The van der Waals surface area contributed by atoms with Crippen molar-refractivity contribution in [3.8, 4) is 12.3 Å². The third kappa shape index (κ3) is 3.46. The summed E-state index contributed by atoms with van der Waals surface area (Å²) in [6.45, 7) is 7.86. The van der Waals surface area contributed by atoms with Crippen LogP contribution in [0.3, 0.4) is 0 Å². The van der Waals surface area contributed by atoms with Gasteiger partial charge >= 0.3 is 0 Å². The highest BCUT2D eigenvalue weighted by atomic mass is 15.2. The summed E-state index contributed by atoms with van der Waals surface area (Å²) in [6, 6.07) is 2.30. The van der Waals surface area contributed by atoms with Crippen molar-refractivity contribution in [2.75, 3.05) is 13.1 Å². The molecule has 0 aromatic carbocycles. The number of rotatable bonds is 1. The molecule has 1 saturated heterocycles. The van der Waals surface area contributed by atoms with Crippen LogP contribution in [-0.4, -0.2) is 23.8 Å². The Bertz CT molecular complexity index is 358. The van der Waals surface area contributed by atoms with E-state index < -0.39 is 0 Å². The van der Waals surface area contributed by atoms with Crippen LogP contribution in [-0.2, 0) is 0 Å². The lowest BCUT2D eigenvalue weighted by Crippen LogP contribution is -2.43. The van der Waals surface area contributed by atoms with Crippen molar-refractivity contribution in [1.82, 2.24) is 4.90 Å². The third-order valence-corrected chi connectivity index (χ3v) is 3.10. The number of hydrogen-bond acceptors (Lipinski definition) is 3. The van der Waals surface area contributed by atoms with E-state index >= 15 is 0 Å². The summed E-state index contributed by atoms with van der Waals surface area (Å²) in [7, 11) is 0. The summed E-state index contributed by atoms with van der Waals surface area (Å²) in [5, 5.41) is 18.1. The number of aliphatic imine (C=N–C) groups is 1. The second-order valence-electron chi connectivity index (χ2n) is 5.55. The predicted molar refractivity (Wildman–Crippen MR) is 67.0 cm³/mol. The largest absolute Gasteiger partial charge is 0.358 e. The molecule has 1 unspecified atom stereocenters. The molecule has 1 aliphatic rings. The van der Waals surface area contributed by atoms with Crippen molar-refractivity contribution in [1.29, 1.82) is 10.5 Å². The average molecular weight is 232 g/mol. The van der Waals surface area contributed by atoms with Gasteiger partial charge in [-0.25, -0.2) is 0 Å². The summed E-state index contributed by atoms with van der Waals surface area (Å²) >= 11 is 0. The Morgan fingerprint density at radius 1 is 1.18 bits per heavy atom. The number of nitrogens with zero attached hydrogens (tertiary/aromatic N) is 4. The Morgan fingerprint density at radius 3 is 2.18 bits per heavy atom. The Hall–Kier alpha value is -1.55. The fraction of sp³-hybridized carbons (Fsp3) is 0.769. The van der Waals surface area contributed by atoms with Crippen LogP contribution in [0.25, 0.3) is 0 Å². The molecule has 1 rings (SSSR count). The molecule has 4 heteroatoms. The zero-order valence-corrected chi connectivity index (χ0v) is 10.9. The highest BCUT2D eigenvalue weighted by Gasteiger charge is 2.33. The van der Waals surface area contributed by atoms with Gasteiger partial charge < -0.3 is 4.90 Å². The maximum absolute atomic E-state index is 9.32.